The van der Waals surface area contributed by atoms with E-state index in [9.17, 15) is 13.2 Å². The summed E-state index contributed by atoms with van der Waals surface area (Å²) in [4.78, 5) is 24.9. The van der Waals surface area contributed by atoms with Gasteiger partial charge in [0.15, 0.2) is 9.84 Å². The number of benzene rings is 1. The van der Waals surface area contributed by atoms with E-state index in [1.54, 1.807) is 22.9 Å². The van der Waals surface area contributed by atoms with Crippen LogP contribution in [0.2, 0.25) is 0 Å². The second-order valence-corrected chi connectivity index (χ2v) is 13.1. The first-order valence-corrected chi connectivity index (χ1v) is 15.7. The van der Waals surface area contributed by atoms with Crippen LogP contribution in [0, 0.1) is 0 Å². The molecule has 2 aliphatic rings. The molecular weight excluding hydrogens is 552 g/mol. The molecule has 0 saturated carbocycles. The molecule has 7 rings (SSSR count). The van der Waals surface area contributed by atoms with Crippen LogP contribution in [-0.4, -0.2) is 62.1 Å². The average molecular weight is 583 g/mol. The van der Waals surface area contributed by atoms with Crippen molar-refractivity contribution in [1.82, 2.24) is 29.5 Å². The highest BCUT2D eigenvalue weighted by Gasteiger charge is 2.46. The molecule has 2 bridgehead atoms. The second kappa shape index (κ2) is 9.69. The number of aromatic nitrogens is 5. The highest BCUT2D eigenvalue weighted by Crippen LogP contribution is 2.46. The SMILES string of the molecule is CS(=O)(=O)c1c(C2C[C@H]3CC[C@@H](C2)N3C(=O)c2cc(N)n[nH]2)nc2c(-c3ccc(-c4ccccc4)nc3)ccn2c1N. The van der Waals surface area contributed by atoms with E-state index >= 15 is 0 Å². The van der Waals surface area contributed by atoms with E-state index in [0.717, 1.165) is 35.2 Å². The van der Waals surface area contributed by atoms with Gasteiger partial charge in [0.05, 0.1) is 11.4 Å². The molecule has 0 radical (unpaired) electrons. The number of nitrogens with one attached hydrogen (secondary N) is 1. The van der Waals surface area contributed by atoms with Crippen molar-refractivity contribution in [2.45, 2.75) is 48.6 Å². The highest BCUT2D eigenvalue weighted by molar-refractivity contribution is 7.91. The number of H-pyrrole nitrogens is 1. The van der Waals surface area contributed by atoms with Crippen molar-refractivity contribution in [3.63, 3.8) is 0 Å². The zero-order chi connectivity index (χ0) is 29.2. The third-order valence-electron chi connectivity index (χ3n) is 8.51. The first-order chi connectivity index (χ1) is 20.2. The van der Waals surface area contributed by atoms with Crippen molar-refractivity contribution >= 4 is 33.0 Å². The van der Waals surface area contributed by atoms with Crippen molar-refractivity contribution < 1.29 is 13.2 Å². The molecule has 6 heterocycles. The topological polar surface area (TPSA) is 165 Å². The lowest BCUT2D eigenvalue weighted by atomic mass is 9.87. The van der Waals surface area contributed by atoms with Gasteiger partial charge >= 0.3 is 0 Å². The maximum absolute atomic E-state index is 13.3. The molecule has 0 spiro atoms. The third kappa shape index (κ3) is 4.30. The standard InChI is InChI=1S/C30H30N8O3S/c1-42(40,41)27-26(19-13-20-8-9-21(14-19)38(20)30(39)24-15-25(31)36-35-24)34-29-22(11-12-37(29)28(27)32)18-7-10-23(33-16-18)17-5-3-2-4-6-17/h2-7,10-12,15-16,19-21H,8-9,13-14,32H2,1H3,(H3,31,35,36)/t19?,20-,21+. The molecule has 3 atom stereocenters. The number of nitrogen functional groups attached to an aromatic ring is 2. The molecule has 2 saturated heterocycles. The van der Waals surface area contributed by atoms with Gasteiger partial charge in [-0.3, -0.25) is 19.3 Å². The van der Waals surface area contributed by atoms with Crippen LogP contribution in [0.1, 0.15) is 47.8 Å². The fourth-order valence-corrected chi connectivity index (χ4v) is 7.74. The number of pyridine rings is 1. The number of nitrogens with two attached hydrogens (primary N) is 2. The second-order valence-electron chi connectivity index (χ2n) is 11.2. The minimum atomic E-state index is -3.71. The predicted molar refractivity (Wildman–Crippen MR) is 159 cm³/mol. The average Bonchev–Trinajstić information content (AvgIpc) is 3.68. The molecule has 5 aromatic rings. The van der Waals surface area contributed by atoms with Crippen LogP contribution < -0.4 is 11.5 Å². The Morgan fingerprint density at radius 2 is 1.74 bits per heavy atom. The van der Waals surface area contributed by atoms with E-state index in [1.807, 2.05) is 53.4 Å². The lowest BCUT2D eigenvalue weighted by Gasteiger charge is -2.39. The Morgan fingerprint density at radius 3 is 2.36 bits per heavy atom. The largest absolute Gasteiger partial charge is 0.384 e. The molecule has 2 fully saturated rings. The molecule has 5 N–H and O–H groups in total. The number of fused-ring (bicyclic) bond motifs is 3. The smallest absolute Gasteiger partial charge is 0.272 e. The van der Waals surface area contributed by atoms with Gasteiger partial charge in [0, 0.05) is 59.4 Å². The van der Waals surface area contributed by atoms with Gasteiger partial charge in [-0.2, -0.15) is 5.10 Å². The fraction of sp³-hybridized carbons (Fsp3) is 0.267. The Morgan fingerprint density at radius 1 is 1.00 bits per heavy atom. The van der Waals surface area contributed by atoms with Crippen LogP contribution >= 0.6 is 0 Å². The van der Waals surface area contributed by atoms with Crippen molar-refractivity contribution in [3.8, 4) is 22.4 Å². The van der Waals surface area contributed by atoms with Crippen LogP contribution in [-0.2, 0) is 9.84 Å². The predicted octanol–water partition coefficient (Wildman–Crippen LogP) is 3.91. The summed E-state index contributed by atoms with van der Waals surface area (Å²) in [5, 5.41) is 6.62. The summed E-state index contributed by atoms with van der Waals surface area (Å²) < 4.78 is 27.9. The molecule has 214 valence electrons. The first kappa shape index (κ1) is 26.2. The lowest BCUT2D eigenvalue weighted by Crippen LogP contribution is -2.46. The van der Waals surface area contributed by atoms with Gasteiger partial charge in [0.1, 0.15) is 27.9 Å². The lowest BCUT2D eigenvalue weighted by molar-refractivity contribution is 0.0562. The summed E-state index contributed by atoms with van der Waals surface area (Å²) in [6.45, 7) is 0. The number of amides is 1. The number of aromatic amines is 1. The number of sulfone groups is 1. The number of carbonyl (C=O) groups excluding carboxylic acids is 1. The summed E-state index contributed by atoms with van der Waals surface area (Å²) in [5.41, 5.74) is 17.2. The monoisotopic (exact) mass is 582 g/mol. The zero-order valence-corrected chi connectivity index (χ0v) is 23.8. The van der Waals surface area contributed by atoms with Crippen molar-refractivity contribution in [3.05, 3.63) is 78.4 Å². The molecule has 2 aliphatic heterocycles. The fourth-order valence-electron chi connectivity index (χ4n) is 6.67. The molecule has 0 aliphatic carbocycles. The summed E-state index contributed by atoms with van der Waals surface area (Å²) in [7, 11) is -3.71. The highest BCUT2D eigenvalue weighted by atomic mass is 32.2. The van der Waals surface area contributed by atoms with Gasteiger partial charge in [0.25, 0.3) is 5.91 Å². The van der Waals surface area contributed by atoms with Crippen molar-refractivity contribution in [1.29, 1.82) is 0 Å². The number of carbonyl (C=O) groups is 1. The number of anilines is 2. The van der Waals surface area contributed by atoms with Crippen molar-refractivity contribution in [2.24, 2.45) is 0 Å². The number of nitrogens with zero attached hydrogens (tertiary/aromatic N) is 5. The van der Waals surface area contributed by atoms with Gasteiger partial charge in [-0.05, 0) is 37.8 Å². The normalized spacial score (nSPS) is 20.3. The van der Waals surface area contributed by atoms with Gasteiger partial charge < -0.3 is 16.4 Å². The molecule has 1 aromatic carbocycles. The Labute approximate surface area is 242 Å². The summed E-state index contributed by atoms with van der Waals surface area (Å²) in [5.74, 6) is 0.0733. The first-order valence-electron chi connectivity index (χ1n) is 13.8. The van der Waals surface area contributed by atoms with Gasteiger partial charge in [-0.15, -0.1) is 0 Å². The van der Waals surface area contributed by atoms with E-state index in [1.165, 1.54) is 6.26 Å². The Hall–Kier alpha value is -4.71. The molecular formula is C30H30N8O3S. The maximum Gasteiger partial charge on any atom is 0.272 e. The summed E-state index contributed by atoms with van der Waals surface area (Å²) in [6.07, 6.45) is 7.55. The van der Waals surface area contributed by atoms with E-state index in [-0.39, 0.29) is 40.4 Å². The number of piperidine rings is 1. The van der Waals surface area contributed by atoms with E-state index < -0.39 is 9.84 Å². The third-order valence-corrected chi connectivity index (χ3v) is 9.67. The number of rotatable bonds is 5. The Bertz CT molecular complexity index is 1920. The number of hydrogen-bond acceptors (Lipinski definition) is 8. The van der Waals surface area contributed by atoms with E-state index in [4.69, 9.17) is 16.5 Å². The van der Waals surface area contributed by atoms with Crippen molar-refractivity contribution in [2.75, 3.05) is 17.7 Å². The van der Waals surface area contributed by atoms with Gasteiger partial charge in [-0.25, -0.2) is 13.4 Å². The Balaban J connectivity index is 1.27. The summed E-state index contributed by atoms with van der Waals surface area (Å²) in [6, 6.07) is 17.2. The van der Waals surface area contributed by atoms with Gasteiger partial charge in [0.2, 0.25) is 0 Å². The Kier molecular flexibility index (Phi) is 6.05. The van der Waals surface area contributed by atoms with E-state index in [0.29, 0.717) is 29.9 Å². The van der Waals surface area contributed by atoms with Gasteiger partial charge in [-0.1, -0.05) is 36.4 Å². The minimum absolute atomic E-state index is 0.0558. The molecule has 1 unspecified atom stereocenters. The maximum atomic E-state index is 13.3. The minimum Gasteiger partial charge on any atom is -0.384 e. The van der Waals surface area contributed by atoms with Crippen LogP contribution in [0.25, 0.3) is 28.0 Å². The molecule has 42 heavy (non-hydrogen) atoms. The summed E-state index contributed by atoms with van der Waals surface area (Å²) >= 11 is 0. The molecule has 1 amide bonds. The molecule has 4 aromatic heterocycles. The van der Waals surface area contributed by atoms with Crippen LogP contribution in [0.3, 0.4) is 0 Å². The zero-order valence-electron chi connectivity index (χ0n) is 22.9. The molecule has 12 heteroatoms. The quantitative estimate of drug-likeness (QED) is 0.281. The van der Waals surface area contributed by atoms with Crippen LogP contribution in [0.15, 0.2) is 71.9 Å². The van der Waals surface area contributed by atoms with Crippen LogP contribution in [0.4, 0.5) is 11.6 Å². The number of hydrogen-bond donors (Lipinski definition) is 3. The molecule has 11 nitrogen and oxygen atoms in total. The van der Waals surface area contributed by atoms with E-state index in [2.05, 4.69) is 15.2 Å². The van der Waals surface area contributed by atoms with Crippen LogP contribution in [0.5, 0.6) is 0 Å².